The normalized spacial score (nSPS) is 16.7. The maximum Gasteiger partial charge on any atom is 0.264 e. The Labute approximate surface area is 213 Å². The monoisotopic (exact) mass is 505 g/mol. The van der Waals surface area contributed by atoms with Crippen molar-refractivity contribution in [2.75, 3.05) is 26.3 Å². The van der Waals surface area contributed by atoms with E-state index in [0.717, 1.165) is 36.6 Å². The molecule has 7 nitrogen and oxygen atoms in total. The zero-order valence-corrected chi connectivity index (χ0v) is 22.4. The molecule has 3 rings (SSSR count). The minimum atomic E-state index is -0.127. The molecule has 2 heterocycles. The number of aromatic nitrogens is 1. The van der Waals surface area contributed by atoms with Crippen molar-refractivity contribution in [3.05, 3.63) is 34.3 Å². The van der Waals surface area contributed by atoms with Gasteiger partial charge >= 0.3 is 0 Å². The number of ether oxygens (including phenoxy) is 1. The number of nitriles is 1. The smallest absolute Gasteiger partial charge is 0.264 e. The van der Waals surface area contributed by atoms with E-state index < -0.39 is 0 Å². The number of carbonyl (C=O) groups excluding carboxylic acids is 1. The molecule has 1 unspecified atom stereocenters. The van der Waals surface area contributed by atoms with Crippen LogP contribution in [0.4, 0.5) is 0 Å². The molecule has 1 amide bonds. The van der Waals surface area contributed by atoms with Crippen LogP contribution in [-0.4, -0.2) is 59.3 Å². The second-order valence-corrected chi connectivity index (χ2v) is 9.37. The SMILES string of the molecule is CC[C@H]1CCCN1CNC(=O)c1sc(-c2ccc(OC(C)N(CC)CC)c(C#N)c2)nc1C.Cl. The van der Waals surface area contributed by atoms with Crippen molar-refractivity contribution in [2.24, 2.45) is 0 Å². The van der Waals surface area contributed by atoms with Crippen molar-refractivity contribution < 1.29 is 9.53 Å². The van der Waals surface area contributed by atoms with Gasteiger partial charge in [-0.25, -0.2) is 4.98 Å². The number of hydrogen-bond donors (Lipinski definition) is 1. The van der Waals surface area contributed by atoms with E-state index in [1.807, 2.05) is 26.0 Å². The van der Waals surface area contributed by atoms with Gasteiger partial charge in [-0.05, 0) is 64.4 Å². The van der Waals surface area contributed by atoms with E-state index in [0.29, 0.717) is 34.6 Å². The topological polar surface area (TPSA) is 81.5 Å². The number of thiazole rings is 1. The molecule has 2 aromatic rings. The van der Waals surface area contributed by atoms with Crippen molar-refractivity contribution in [1.29, 1.82) is 5.26 Å². The molecule has 1 aliphatic rings. The first kappa shape index (κ1) is 28.1. The van der Waals surface area contributed by atoms with Crippen molar-refractivity contribution in [3.63, 3.8) is 0 Å². The first-order valence-corrected chi connectivity index (χ1v) is 12.7. The highest BCUT2D eigenvalue weighted by Crippen LogP contribution is 2.32. The molecule has 1 saturated heterocycles. The Morgan fingerprint density at radius 3 is 2.76 bits per heavy atom. The molecule has 0 saturated carbocycles. The molecule has 2 atom stereocenters. The minimum absolute atomic E-state index is 0. The molecule has 1 aliphatic heterocycles. The third kappa shape index (κ3) is 6.48. The highest BCUT2D eigenvalue weighted by Gasteiger charge is 2.24. The molecular formula is C25H36ClN5O2S. The van der Waals surface area contributed by atoms with Crippen LogP contribution in [0, 0.1) is 18.3 Å². The first-order valence-electron chi connectivity index (χ1n) is 11.9. The molecule has 34 heavy (non-hydrogen) atoms. The molecule has 186 valence electrons. The number of benzene rings is 1. The zero-order valence-electron chi connectivity index (χ0n) is 20.8. The number of halogens is 1. The van der Waals surface area contributed by atoms with Crippen LogP contribution < -0.4 is 10.1 Å². The summed E-state index contributed by atoms with van der Waals surface area (Å²) >= 11 is 1.36. The minimum Gasteiger partial charge on any atom is -0.474 e. The van der Waals surface area contributed by atoms with Crippen LogP contribution in [0.15, 0.2) is 18.2 Å². The standard InChI is InChI=1S/C25H35N5O2S.ClH/c1-6-21-10-9-13-30(21)16-27-24(31)23-17(4)28-25(33-23)19-11-12-22(20(14-19)15-26)32-18(5)29(7-2)8-3;/h11-12,14,18,21H,6-10,13,16H2,1-5H3,(H,27,31);1H/t18?,21-;/m0./s1. The fourth-order valence-corrected chi connectivity index (χ4v) is 5.38. The molecule has 0 spiro atoms. The number of carbonyl (C=O) groups is 1. The van der Waals surface area contributed by atoms with Crippen LogP contribution in [-0.2, 0) is 0 Å². The number of rotatable bonds is 10. The molecule has 9 heteroatoms. The van der Waals surface area contributed by atoms with Gasteiger partial charge in [0.1, 0.15) is 27.9 Å². The molecule has 0 bridgehead atoms. The third-order valence-electron chi connectivity index (χ3n) is 6.39. The summed E-state index contributed by atoms with van der Waals surface area (Å²) in [5.41, 5.74) is 1.98. The van der Waals surface area contributed by atoms with Crippen LogP contribution in [0.2, 0.25) is 0 Å². The fourth-order valence-electron chi connectivity index (χ4n) is 4.40. The molecule has 1 fully saturated rings. The number of hydrogen-bond acceptors (Lipinski definition) is 7. The van der Waals surface area contributed by atoms with Crippen LogP contribution >= 0.6 is 23.7 Å². The summed E-state index contributed by atoms with van der Waals surface area (Å²) < 4.78 is 6.05. The number of nitrogens with one attached hydrogen (secondary N) is 1. The lowest BCUT2D eigenvalue weighted by atomic mass is 10.1. The Balaban J connectivity index is 0.00000408. The highest BCUT2D eigenvalue weighted by atomic mass is 35.5. The predicted molar refractivity (Wildman–Crippen MR) is 140 cm³/mol. The molecule has 1 aromatic carbocycles. The number of aryl methyl sites for hydroxylation is 1. The maximum atomic E-state index is 12.8. The van der Waals surface area contributed by atoms with Crippen LogP contribution in [0.5, 0.6) is 5.75 Å². The van der Waals surface area contributed by atoms with Gasteiger partial charge in [0.25, 0.3) is 5.91 Å². The van der Waals surface area contributed by atoms with E-state index in [4.69, 9.17) is 4.74 Å². The highest BCUT2D eigenvalue weighted by molar-refractivity contribution is 7.17. The van der Waals surface area contributed by atoms with Gasteiger partial charge < -0.3 is 10.1 Å². The molecular weight excluding hydrogens is 470 g/mol. The van der Waals surface area contributed by atoms with Gasteiger partial charge in [0.05, 0.1) is 17.9 Å². The lowest BCUT2D eigenvalue weighted by Crippen LogP contribution is -2.40. The summed E-state index contributed by atoms with van der Waals surface area (Å²) in [4.78, 5) is 22.6. The number of amides is 1. The largest absolute Gasteiger partial charge is 0.474 e. The Morgan fingerprint density at radius 2 is 2.12 bits per heavy atom. The van der Waals surface area contributed by atoms with Crippen molar-refractivity contribution in [1.82, 2.24) is 20.1 Å². The predicted octanol–water partition coefficient (Wildman–Crippen LogP) is 5.04. The van der Waals surface area contributed by atoms with E-state index in [1.54, 1.807) is 6.07 Å². The van der Waals surface area contributed by atoms with Gasteiger partial charge in [0, 0.05) is 18.2 Å². The summed E-state index contributed by atoms with van der Waals surface area (Å²) in [7, 11) is 0. The zero-order chi connectivity index (χ0) is 24.0. The van der Waals surface area contributed by atoms with Crippen LogP contribution in [0.25, 0.3) is 10.6 Å². The third-order valence-corrected chi connectivity index (χ3v) is 7.59. The van der Waals surface area contributed by atoms with Crippen molar-refractivity contribution in [3.8, 4) is 22.4 Å². The van der Waals surface area contributed by atoms with Gasteiger partial charge in [-0.1, -0.05) is 20.8 Å². The lowest BCUT2D eigenvalue weighted by Gasteiger charge is -2.27. The summed E-state index contributed by atoms with van der Waals surface area (Å²) in [6, 6.07) is 8.31. The second-order valence-electron chi connectivity index (χ2n) is 8.38. The first-order chi connectivity index (χ1) is 15.9. The molecule has 0 aliphatic carbocycles. The Morgan fingerprint density at radius 1 is 1.38 bits per heavy atom. The Kier molecular flexibility index (Phi) is 10.8. The van der Waals surface area contributed by atoms with Gasteiger partial charge in [0.15, 0.2) is 0 Å². The second kappa shape index (κ2) is 13.1. The van der Waals surface area contributed by atoms with E-state index >= 15 is 0 Å². The summed E-state index contributed by atoms with van der Waals surface area (Å²) in [5, 5.41) is 13.5. The lowest BCUT2D eigenvalue weighted by molar-refractivity contribution is 0.0478. The summed E-state index contributed by atoms with van der Waals surface area (Å²) in [5.74, 6) is 0.467. The van der Waals surface area contributed by atoms with E-state index in [-0.39, 0.29) is 24.5 Å². The Hall–Kier alpha value is -2.18. The summed E-state index contributed by atoms with van der Waals surface area (Å²) in [6.07, 6.45) is 3.37. The molecule has 1 aromatic heterocycles. The van der Waals surface area contributed by atoms with Gasteiger partial charge in [0.2, 0.25) is 0 Å². The average molecular weight is 506 g/mol. The van der Waals surface area contributed by atoms with Crippen LogP contribution in [0.1, 0.15) is 67.9 Å². The fraction of sp³-hybridized carbons (Fsp3) is 0.560. The van der Waals surface area contributed by atoms with E-state index in [9.17, 15) is 10.1 Å². The van der Waals surface area contributed by atoms with Crippen molar-refractivity contribution in [2.45, 2.75) is 66.2 Å². The van der Waals surface area contributed by atoms with Gasteiger partial charge in [-0.2, -0.15) is 5.26 Å². The Bertz CT molecular complexity index is 1000. The van der Waals surface area contributed by atoms with E-state index in [2.05, 4.69) is 46.9 Å². The number of likely N-dealkylation sites (tertiary alicyclic amines) is 1. The molecule has 0 radical (unpaired) electrons. The molecule has 1 N–H and O–H groups in total. The average Bonchev–Trinajstić information content (AvgIpc) is 3.44. The van der Waals surface area contributed by atoms with E-state index in [1.165, 1.54) is 24.2 Å². The van der Waals surface area contributed by atoms with Gasteiger partial charge in [-0.15, -0.1) is 23.7 Å². The van der Waals surface area contributed by atoms with Gasteiger partial charge in [-0.3, -0.25) is 14.6 Å². The number of nitrogens with zero attached hydrogens (tertiary/aromatic N) is 4. The van der Waals surface area contributed by atoms with Crippen molar-refractivity contribution >= 4 is 29.7 Å². The van der Waals surface area contributed by atoms with Crippen LogP contribution in [0.3, 0.4) is 0 Å². The maximum absolute atomic E-state index is 12.8. The quantitative estimate of drug-likeness (QED) is 0.455. The summed E-state index contributed by atoms with van der Waals surface area (Å²) in [6.45, 7) is 13.6.